The Morgan fingerprint density at radius 1 is 0.279 bits per heavy atom. The van der Waals surface area contributed by atoms with Crippen molar-refractivity contribution in [2.24, 2.45) is 53.3 Å². The van der Waals surface area contributed by atoms with Crippen molar-refractivity contribution < 1.29 is 0 Å². The summed E-state index contributed by atoms with van der Waals surface area (Å²) in [6.07, 6.45) is 46.0. The Morgan fingerprint density at radius 3 is 0.656 bits per heavy atom. The lowest BCUT2D eigenvalue weighted by Gasteiger charge is -2.15. The molecular weight excluding hydrogens is 748 g/mol. The minimum Gasteiger partial charge on any atom is -0.0986 e. The summed E-state index contributed by atoms with van der Waals surface area (Å²) in [5, 5.41) is 4.14. The van der Waals surface area contributed by atoms with E-state index in [4.69, 9.17) is 0 Å². The van der Waals surface area contributed by atoms with Crippen LogP contribution in [0.4, 0.5) is 0 Å². The Bertz CT molecular complexity index is 924. The summed E-state index contributed by atoms with van der Waals surface area (Å²) >= 11 is -0.912. The summed E-state index contributed by atoms with van der Waals surface area (Å²) in [4.78, 5) is 0. The third-order valence-corrected chi connectivity index (χ3v) is 17.5. The van der Waals surface area contributed by atoms with Crippen molar-refractivity contribution in [3.63, 3.8) is 0 Å². The van der Waals surface area contributed by atoms with Crippen LogP contribution < -0.4 is 0 Å². The first-order chi connectivity index (χ1) is 29.0. The molecule has 0 aliphatic carbocycles. The SMILES string of the molecule is C/C(=C\[CH2][Al]([CH2]/C=C(\C)CCCC(C)CCCC(C)CCCC(C)C)[CH2]/C=C(\C)CCCC(C)CCCC(C)CCCC(C)C)CCCC(C)CCCC(C)CCCC(C)C. The first kappa shape index (κ1) is 60.8. The van der Waals surface area contributed by atoms with Gasteiger partial charge in [-0.3, -0.25) is 0 Å². The maximum absolute atomic E-state index is 2.70. The Hall–Kier alpha value is -0.248. The molecule has 6 atom stereocenters. The second kappa shape index (κ2) is 40.1. The number of hydrogen-bond donors (Lipinski definition) is 0. The van der Waals surface area contributed by atoms with Crippen LogP contribution >= 0.6 is 0 Å². The second-order valence-corrected chi connectivity index (χ2v) is 26.9. The highest BCUT2D eigenvalue weighted by atomic mass is 27.2. The van der Waals surface area contributed by atoms with Gasteiger partial charge in [0.2, 0.25) is 0 Å². The summed E-state index contributed by atoms with van der Waals surface area (Å²) in [7, 11) is 0. The van der Waals surface area contributed by atoms with Crippen LogP contribution in [0.2, 0.25) is 15.8 Å². The summed E-state index contributed by atoms with van der Waals surface area (Å²) in [5.41, 5.74) is 5.01. The summed E-state index contributed by atoms with van der Waals surface area (Å²) in [6, 6.07) is 0. The summed E-state index contributed by atoms with van der Waals surface area (Å²) in [5.74, 6) is 7.95. The second-order valence-electron chi connectivity index (χ2n) is 23.8. The van der Waals surface area contributed by atoms with Crippen LogP contribution in [0.3, 0.4) is 0 Å². The van der Waals surface area contributed by atoms with Gasteiger partial charge in [0.25, 0.3) is 14.1 Å². The summed E-state index contributed by atoms with van der Waals surface area (Å²) in [6.45, 7) is 36.6. The molecule has 0 heterocycles. The van der Waals surface area contributed by atoms with Crippen LogP contribution in [-0.2, 0) is 0 Å². The molecule has 6 unspecified atom stereocenters. The van der Waals surface area contributed by atoms with Gasteiger partial charge < -0.3 is 0 Å². The average Bonchev–Trinajstić information content (AvgIpc) is 3.17. The van der Waals surface area contributed by atoms with Gasteiger partial charge in [0.1, 0.15) is 0 Å². The first-order valence-corrected chi connectivity index (χ1v) is 30.4. The van der Waals surface area contributed by atoms with E-state index >= 15 is 0 Å². The van der Waals surface area contributed by atoms with Gasteiger partial charge in [-0.2, -0.15) is 0 Å². The van der Waals surface area contributed by atoms with Crippen molar-refractivity contribution in [3.8, 4) is 0 Å². The maximum Gasteiger partial charge on any atom is 0.274 e. The van der Waals surface area contributed by atoms with Gasteiger partial charge in [-0.15, -0.1) is 0 Å². The van der Waals surface area contributed by atoms with Crippen molar-refractivity contribution in [2.75, 3.05) is 0 Å². The van der Waals surface area contributed by atoms with Gasteiger partial charge in [-0.1, -0.05) is 269 Å². The van der Waals surface area contributed by atoms with Gasteiger partial charge in [-0.05, 0) is 113 Å². The fourth-order valence-corrected chi connectivity index (χ4v) is 12.6. The zero-order valence-corrected chi connectivity index (χ0v) is 46.4. The monoisotopic (exact) mass is 865 g/mol. The Kier molecular flexibility index (Phi) is 39.9. The zero-order valence-electron chi connectivity index (χ0n) is 45.2. The largest absolute Gasteiger partial charge is 0.274 e. The molecule has 0 radical (unpaired) electrons. The average molecular weight is 866 g/mol. The lowest BCUT2D eigenvalue weighted by Crippen LogP contribution is -2.09. The molecule has 0 aliphatic heterocycles. The molecular formula is C60H117Al. The highest BCUT2D eigenvalue weighted by molar-refractivity contribution is 6.60. The molecule has 0 aromatic carbocycles. The van der Waals surface area contributed by atoms with Gasteiger partial charge >= 0.3 is 0 Å². The van der Waals surface area contributed by atoms with Crippen molar-refractivity contribution in [1.29, 1.82) is 0 Å². The maximum atomic E-state index is 2.70. The third-order valence-electron chi connectivity index (χ3n) is 14.8. The molecule has 0 aliphatic rings. The molecule has 0 spiro atoms. The predicted octanol–water partition coefficient (Wildman–Crippen LogP) is 21.6. The van der Waals surface area contributed by atoms with Crippen molar-refractivity contribution in [3.05, 3.63) is 34.9 Å². The molecule has 0 nitrogen and oxygen atoms in total. The van der Waals surface area contributed by atoms with Crippen molar-refractivity contribution in [2.45, 2.75) is 293 Å². The predicted molar refractivity (Wildman–Crippen MR) is 286 cm³/mol. The van der Waals surface area contributed by atoms with E-state index in [1.807, 2.05) is 0 Å². The van der Waals surface area contributed by atoms with Crippen molar-refractivity contribution >= 4 is 14.1 Å². The Balaban J connectivity index is 4.98. The fourth-order valence-electron chi connectivity index (χ4n) is 9.82. The smallest absolute Gasteiger partial charge is 0.0986 e. The van der Waals surface area contributed by atoms with Gasteiger partial charge in [0.15, 0.2) is 0 Å². The number of hydrogen-bond acceptors (Lipinski definition) is 0. The molecule has 0 saturated heterocycles. The zero-order chi connectivity index (χ0) is 45.8. The van der Waals surface area contributed by atoms with Crippen LogP contribution in [0.5, 0.6) is 0 Å². The standard InChI is InChI=1S/3C20H39.Al/c3*1-7-18(4)12-9-14-20(6)16-10-15-19(5)13-8-11-17(2)3;/h3*7,17,19-20H,1,8-16H2,2-6H3;/b3*18-7+;. The Labute approximate surface area is 393 Å². The minimum atomic E-state index is -0.912. The molecule has 0 amide bonds. The van der Waals surface area contributed by atoms with E-state index in [-0.39, 0.29) is 0 Å². The Morgan fingerprint density at radius 2 is 0.459 bits per heavy atom. The highest BCUT2D eigenvalue weighted by Crippen LogP contribution is 2.26. The van der Waals surface area contributed by atoms with E-state index < -0.39 is 14.1 Å². The number of rotatable bonds is 42. The lowest BCUT2D eigenvalue weighted by molar-refractivity contribution is 0.389. The molecule has 0 bridgehead atoms. The third kappa shape index (κ3) is 42.2. The molecule has 1 heteroatoms. The highest BCUT2D eigenvalue weighted by Gasteiger charge is 2.15. The van der Waals surface area contributed by atoms with Crippen LogP contribution in [0.25, 0.3) is 0 Å². The minimum absolute atomic E-state index is 0.860. The molecule has 0 fully saturated rings. The van der Waals surface area contributed by atoms with Crippen LogP contribution in [0, 0.1) is 53.3 Å². The van der Waals surface area contributed by atoms with Crippen LogP contribution in [0.1, 0.15) is 277 Å². The molecule has 0 rings (SSSR count). The van der Waals surface area contributed by atoms with E-state index in [1.54, 1.807) is 16.7 Å². The fraction of sp³-hybridized carbons (Fsp3) is 0.900. The van der Waals surface area contributed by atoms with Gasteiger partial charge in [-0.25, -0.2) is 0 Å². The molecule has 360 valence electrons. The first-order valence-electron chi connectivity index (χ1n) is 27.9. The quantitative estimate of drug-likeness (QED) is 0.0424. The van der Waals surface area contributed by atoms with Gasteiger partial charge in [0, 0.05) is 0 Å². The molecule has 0 aromatic heterocycles. The van der Waals surface area contributed by atoms with Crippen molar-refractivity contribution in [1.82, 2.24) is 0 Å². The normalized spacial score (nSPS) is 16.1. The number of allylic oxidation sites excluding steroid dienone is 6. The summed E-state index contributed by atoms with van der Waals surface area (Å²) < 4.78 is 0. The van der Waals surface area contributed by atoms with E-state index in [0.717, 1.165) is 53.3 Å². The molecule has 0 N–H and O–H groups in total. The van der Waals surface area contributed by atoms with E-state index in [9.17, 15) is 0 Å². The lowest BCUT2D eigenvalue weighted by atomic mass is 9.91. The van der Waals surface area contributed by atoms with E-state index in [2.05, 4.69) is 122 Å². The van der Waals surface area contributed by atoms with E-state index in [1.165, 1.54) is 189 Å². The molecule has 0 aromatic rings. The topological polar surface area (TPSA) is 0 Å². The molecule has 61 heavy (non-hydrogen) atoms. The van der Waals surface area contributed by atoms with Crippen LogP contribution in [-0.4, -0.2) is 14.1 Å². The van der Waals surface area contributed by atoms with E-state index in [0.29, 0.717) is 0 Å². The van der Waals surface area contributed by atoms with Gasteiger partial charge in [0.05, 0.1) is 0 Å². The molecule has 0 saturated carbocycles. The van der Waals surface area contributed by atoms with Crippen LogP contribution in [0.15, 0.2) is 34.9 Å².